The van der Waals surface area contributed by atoms with E-state index in [2.05, 4.69) is 59.8 Å². The molecule has 0 atom stereocenters. The van der Waals surface area contributed by atoms with Crippen LogP contribution in [0.5, 0.6) is 0 Å². The van der Waals surface area contributed by atoms with Crippen LogP contribution < -0.4 is 10.6 Å². The van der Waals surface area contributed by atoms with Gasteiger partial charge in [-0.05, 0) is 96.5 Å². The van der Waals surface area contributed by atoms with Gasteiger partial charge in [0.1, 0.15) is 0 Å². The van der Waals surface area contributed by atoms with Gasteiger partial charge in [-0.2, -0.15) is 13.2 Å². The van der Waals surface area contributed by atoms with Crippen LogP contribution in [0, 0.1) is 5.41 Å². The van der Waals surface area contributed by atoms with E-state index in [4.69, 9.17) is 0 Å². The number of H-pyrrole nitrogens is 1. The third-order valence-corrected chi connectivity index (χ3v) is 8.16. The molecule has 5 rings (SSSR count). The fourth-order valence-electron chi connectivity index (χ4n) is 5.88. The van der Waals surface area contributed by atoms with E-state index < -0.39 is 17.8 Å². The first kappa shape index (κ1) is 26.9. The number of alkyl halides is 3. The normalized spacial score (nSPS) is 19.7. The van der Waals surface area contributed by atoms with Gasteiger partial charge in [-0.25, -0.2) is 4.79 Å². The molecule has 4 nitrogen and oxygen atoms in total. The highest BCUT2D eigenvalue weighted by molar-refractivity contribution is 6.06. The molecule has 39 heavy (non-hydrogen) atoms. The second-order valence-electron chi connectivity index (χ2n) is 11.1. The Bertz CT molecular complexity index is 1430. The van der Waals surface area contributed by atoms with Crippen LogP contribution in [0.3, 0.4) is 0 Å². The van der Waals surface area contributed by atoms with Crippen LogP contribution in [-0.4, -0.2) is 11.0 Å². The van der Waals surface area contributed by atoms with Gasteiger partial charge >= 0.3 is 12.2 Å². The third-order valence-electron chi connectivity index (χ3n) is 8.16. The van der Waals surface area contributed by atoms with E-state index in [1.54, 1.807) is 6.20 Å². The zero-order valence-corrected chi connectivity index (χ0v) is 22.3. The summed E-state index contributed by atoms with van der Waals surface area (Å²) in [5, 5.41) is 6.24. The van der Waals surface area contributed by atoms with Gasteiger partial charge < -0.3 is 15.6 Å². The van der Waals surface area contributed by atoms with Gasteiger partial charge in [0.2, 0.25) is 0 Å². The predicted octanol–water partition coefficient (Wildman–Crippen LogP) is 9.96. The first-order valence-electron chi connectivity index (χ1n) is 13.6. The van der Waals surface area contributed by atoms with Gasteiger partial charge in [0.25, 0.3) is 0 Å². The molecule has 7 heteroatoms. The molecule has 2 amide bonds. The smallest absolute Gasteiger partial charge is 0.359 e. The second kappa shape index (κ2) is 10.8. The van der Waals surface area contributed by atoms with E-state index in [0.717, 1.165) is 34.2 Å². The number of amides is 2. The number of carbonyl (C=O) groups is 1. The summed E-state index contributed by atoms with van der Waals surface area (Å²) in [4.78, 5) is 15.7. The minimum Gasteiger partial charge on any atom is -0.359 e. The Kier molecular flexibility index (Phi) is 7.43. The third kappa shape index (κ3) is 6.13. The van der Waals surface area contributed by atoms with Crippen LogP contribution in [0.4, 0.5) is 29.3 Å². The summed E-state index contributed by atoms with van der Waals surface area (Å²) in [5.41, 5.74) is 5.02. The zero-order chi connectivity index (χ0) is 27.6. The molecular formula is C32H34F3N3O. The van der Waals surface area contributed by atoms with Crippen LogP contribution >= 0.6 is 0 Å². The molecule has 0 radical (unpaired) electrons. The van der Waals surface area contributed by atoms with Crippen LogP contribution in [0.15, 0.2) is 72.9 Å². The van der Waals surface area contributed by atoms with Gasteiger partial charge in [0.05, 0.1) is 11.3 Å². The predicted molar refractivity (Wildman–Crippen MR) is 152 cm³/mol. The average Bonchev–Trinajstić information content (AvgIpc) is 3.31. The lowest BCUT2D eigenvalue weighted by atomic mass is 9.68. The van der Waals surface area contributed by atoms with E-state index in [-0.39, 0.29) is 5.69 Å². The number of anilines is 2. The summed E-state index contributed by atoms with van der Waals surface area (Å²) in [5.74, 6) is 0.620. The molecule has 1 aliphatic carbocycles. The summed E-state index contributed by atoms with van der Waals surface area (Å²) in [6.07, 6.45) is 4.92. The molecule has 0 saturated heterocycles. The zero-order valence-electron chi connectivity index (χ0n) is 22.3. The fraction of sp³-hybridized carbons (Fsp3) is 0.344. The fourth-order valence-corrected chi connectivity index (χ4v) is 5.88. The molecule has 1 aliphatic rings. The molecule has 1 heterocycles. The molecule has 1 aromatic heterocycles. The Labute approximate surface area is 227 Å². The Morgan fingerprint density at radius 1 is 0.949 bits per heavy atom. The topological polar surface area (TPSA) is 56.9 Å². The van der Waals surface area contributed by atoms with Gasteiger partial charge in [-0.15, -0.1) is 0 Å². The van der Waals surface area contributed by atoms with Crippen LogP contribution in [0.2, 0.25) is 0 Å². The molecule has 0 unspecified atom stereocenters. The quantitative estimate of drug-likeness (QED) is 0.227. The number of benzene rings is 3. The van der Waals surface area contributed by atoms with Crippen molar-refractivity contribution in [2.24, 2.45) is 5.41 Å². The molecule has 0 bridgehead atoms. The highest BCUT2D eigenvalue weighted by Crippen LogP contribution is 2.45. The summed E-state index contributed by atoms with van der Waals surface area (Å²) in [7, 11) is 0. The number of carbonyl (C=O) groups excluding carboxylic acids is 1. The van der Waals surface area contributed by atoms with Crippen LogP contribution in [0.25, 0.3) is 22.0 Å². The maximum absolute atomic E-state index is 12.8. The monoisotopic (exact) mass is 533 g/mol. The van der Waals surface area contributed by atoms with E-state index in [9.17, 15) is 18.0 Å². The number of aromatic amines is 1. The number of hydrogen-bond acceptors (Lipinski definition) is 1. The number of urea groups is 1. The Morgan fingerprint density at radius 2 is 1.62 bits per heavy atom. The first-order chi connectivity index (χ1) is 18.6. The SMILES string of the molecule is CCCC1(C)CCC(c2ccc(-c3ccc4[nH]cc(NC(=O)Nc5ccc(C(F)(F)F)cc5)c4c3)cc2)CC1. The van der Waals surface area contributed by atoms with Crippen molar-refractivity contribution >= 4 is 28.3 Å². The largest absolute Gasteiger partial charge is 0.416 e. The lowest BCUT2D eigenvalue weighted by Gasteiger charge is -2.37. The van der Waals surface area contributed by atoms with Crippen molar-refractivity contribution in [3.8, 4) is 11.1 Å². The number of nitrogens with one attached hydrogen (secondary N) is 3. The van der Waals surface area contributed by atoms with Crippen LogP contribution in [-0.2, 0) is 6.18 Å². The van der Waals surface area contributed by atoms with Crippen molar-refractivity contribution in [3.63, 3.8) is 0 Å². The minimum absolute atomic E-state index is 0.272. The second-order valence-corrected chi connectivity index (χ2v) is 11.1. The Balaban J connectivity index is 1.26. The van der Waals surface area contributed by atoms with Gasteiger partial charge in [-0.1, -0.05) is 50.6 Å². The van der Waals surface area contributed by atoms with Crippen molar-refractivity contribution in [2.75, 3.05) is 10.6 Å². The maximum atomic E-state index is 12.8. The average molecular weight is 534 g/mol. The highest BCUT2D eigenvalue weighted by Gasteiger charge is 2.31. The number of fused-ring (bicyclic) bond motifs is 1. The summed E-state index contributed by atoms with van der Waals surface area (Å²) >= 11 is 0. The number of rotatable bonds is 6. The first-order valence-corrected chi connectivity index (χ1v) is 13.6. The summed E-state index contributed by atoms with van der Waals surface area (Å²) < 4.78 is 38.4. The Hall–Kier alpha value is -3.74. The lowest BCUT2D eigenvalue weighted by molar-refractivity contribution is -0.137. The minimum atomic E-state index is -4.42. The van der Waals surface area contributed by atoms with Gasteiger partial charge in [0, 0.05) is 22.8 Å². The number of hydrogen-bond donors (Lipinski definition) is 3. The van der Waals surface area contributed by atoms with E-state index in [0.29, 0.717) is 17.0 Å². The summed E-state index contributed by atoms with van der Waals surface area (Å²) in [6, 6.07) is 18.7. The van der Waals surface area contributed by atoms with E-state index in [1.807, 2.05) is 12.1 Å². The van der Waals surface area contributed by atoms with Gasteiger partial charge in [-0.3, -0.25) is 0 Å². The molecule has 3 aromatic carbocycles. The maximum Gasteiger partial charge on any atom is 0.416 e. The molecular weight excluding hydrogens is 499 g/mol. The summed E-state index contributed by atoms with van der Waals surface area (Å²) in [6.45, 7) is 4.71. The van der Waals surface area contributed by atoms with Crippen molar-refractivity contribution in [1.82, 2.24) is 4.98 Å². The molecule has 0 aliphatic heterocycles. The van der Waals surface area contributed by atoms with Crippen molar-refractivity contribution in [2.45, 2.75) is 64.5 Å². The number of halogens is 3. The van der Waals surface area contributed by atoms with Gasteiger partial charge in [0.15, 0.2) is 0 Å². The van der Waals surface area contributed by atoms with Crippen LogP contribution in [0.1, 0.15) is 69.4 Å². The highest BCUT2D eigenvalue weighted by atomic mass is 19.4. The van der Waals surface area contributed by atoms with Crippen molar-refractivity contribution < 1.29 is 18.0 Å². The van der Waals surface area contributed by atoms with Crippen molar-refractivity contribution in [1.29, 1.82) is 0 Å². The standard InChI is InChI=1S/C32H34F3N3O/c1-3-16-31(2)17-14-23(15-18-31)21-4-6-22(7-5-21)24-8-13-28-27(19-24)29(20-36-28)38-30(39)37-26-11-9-25(10-12-26)32(33,34)35/h4-13,19-20,23,36H,3,14-18H2,1-2H3,(H2,37,38,39). The molecule has 1 saturated carbocycles. The molecule has 1 fully saturated rings. The molecule has 3 N–H and O–H groups in total. The van der Waals surface area contributed by atoms with E-state index >= 15 is 0 Å². The number of aromatic nitrogens is 1. The van der Waals surface area contributed by atoms with Crippen molar-refractivity contribution in [3.05, 3.63) is 84.1 Å². The molecule has 4 aromatic rings. The lowest BCUT2D eigenvalue weighted by Crippen LogP contribution is -2.23. The van der Waals surface area contributed by atoms with E-state index in [1.165, 1.54) is 56.2 Å². The molecule has 0 spiro atoms. The Morgan fingerprint density at radius 3 is 2.26 bits per heavy atom. The molecule has 204 valence electrons.